The Morgan fingerprint density at radius 2 is 1.67 bits per heavy atom. The standard InChI is InChI=1S/C7H14ClO/c1-5(2)7(4,8)6(3)9/h5-6H,1-4H3. The zero-order chi connectivity index (χ0) is 7.65. The van der Waals surface area contributed by atoms with Gasteiger partial charge in [0.1, 0.15) is 6.10 Å². The molecule has 2 unspecified atom stereocenters. The molecule has 0 spiro atoms. The second kappa shape index (κ2) is 2.89. The van der Waals surface area contributed by atoms with Crippen LogP contribution in [0.25, 0.3) is 0 Å². The van der Waals surface area contributed by atoms with Crippen LogP contribution in [0.3, 0.4) is 0 Å². The average molecular weight is 150 g/mol. The molecular weight excluding hydrogens is 136 g/mol. The molecule has 0 N–H and O–H groups in total. The lowest BCUT2D eigenvalue weighted by Crippen LogP contribution is -2.35. The van der Waals surface area contributed by atoms with E-state index in [1.165, 1.54) is 0 Å². The number of hydrogen-bond donors (Lipinski definition) is 0. The van der Waals surface area contributed by atoms with Crippen molar-refractivity contribution in [1.29, 1.82) is 0 Å². The summed E-state index contributed by atoms with van der Waals surface area (Å²) >= 11 is 5.89. The van der Waals surface area contributed by atoms with E-state index in [-0.39, 0.29) is 5.92 Å². The summed E-state index contributed by atoms with van der Waals surface area (Å²) in [6, 6.07) is 0. The molecule has 0 amide bonds. The summed E-state index contributed by atoms with van der Waals surface area (Å²) in [4.78, 5) is -0.583. The number of hydrogen-bond acceptors (Lipinski definition) is 0. The van der Waals surface area contributed by atoms with Gasteiger partial charge in [0.2, 0.25) is 0 Å². The molecule has 9 heavy (non-hydrogen) atoms. The fourth-order valence-corrected chi connectivity index (χ4v) is 0.469. The Labute approximate surface area is 62.0 Å². The van der Waals surface area contributed by atoms with Gasteiger partial charge in [-0.1, -0.05) is 13.8 Å². The van der Waals surface area contributed by atoms with Crippen molar-refractivity contribution in [2.45, 2.75) is 38.7 Å². The van der Waals surface area contributed by atoms with Crippen molar-refractivity contribution < 1.29 is 5.11 Å². The average Bonchev–Trinajstić information content (AvgIpc) is 1.65. The van der Waals surface area contributed by atoms with Crippen LogP contribution in [0.5, 0.6) is 0 Å². The highest BCUT2D eigenvalue weighted by Gasteiger charge is 2.31. The Kier molecular flexibility index (Phi) is 2.97. The van der Waals surface area contributed by atoms with Gasteiger partial charge in [0.25, 0.3) is 0 Å². The third kappa shape index (κ3) is 2.15. The summed E-state index contributed by atoms with van der Waals surface area (Å²) in [6.45, 7) is 7.31. The van der Waals surface area contributed by atoms with Gasteiger partial charge in [-0.15, -0.1) is 11.6 Å². The van der Waals surface area contributed by atoms with Crippen molar-refractivity contribution in [3.63, 3.8) is 0 Å². The van der Waals surface area contributed by atoms with Crippen molar-refractivity contribution in [2.24, 2.45) is 5.92 Å². The van der Waals surface area contributed by atoms with Crippen molar-refractivity contribution in [3.05, 3.63) is 0 Å². The summed E-state index contributed by atoms with van der Waals surface area (Å²) in [5.41, 5.74) is 0. The highest BCUT2D eigenvalue weighted by molar-refractivity contribution is 6.24. The summed E-state index contributed by atoms with van der Waals surface area (Å²) in [5.74, 6) is 0.242. The number of halogens is 1. The first-order valence-corrected chi connectivity index (χ1v) is 3.61. The minimum atomic E-state index is -0.695. The first kappa shape index (κ1) is 9.25. The summed E-state index contributed by atoms with van der Waals surface area (Å²) in [6.07, 6.45) is -0.695. The van der Waals surface area contributed by atoms with E-state index in [9.17, 15) is 5.11 Å². The zero-order valence-electron chi connectivity index (χ0n) is 6.44. The third-order valence-corrected chi connectivity index (χ3v) is 2.67. The minimum absolute atomic E-state index is 0.242. The molecule has 55 valence electrons. The van der Waals surface area contributed by atoms with E-state index in [0.29, 0.717) is 0 Å². The van der Waals surface area contributed by atoms with E-state index in [4.69, 9.17) is 11.6 Å². The Bertz CT molecular complexity index is 76.9. The van der Waals surface area contributed by atoms with E-state index >= 15 is 0 Å². The molecule has 2 atom stereocenters. The second-order valence-corrected chi connectivity index (χ2v) is 3.76. The van der Waals surface area contributed by atoms with Gasteiger partial charge in [0.15, 0.2) is 0 Å². The molecule has 1 radical (unpaired) electrons. The van der Waals surface area contributed by atoms with Crippen molar-refractivity contribution in [2.75, 3.05) is 0 Å². The summed E-state index contributed by atoms with van der Waals surface area (Å²) < 4.78 is 0. The third-order valence-electron chi connectivity index (χ3n) is 1.92. The molecule has 0 rings (SSSR count). The van der Waals surface area contributed by atoms with Gasteiger partial charge >= 0.3 is 0 Å². The van der Waals surface area contributed by atoms with Crippen LogP contribution in [0.4, 0.5) is 0 Å². The van der Waals surface area contributed by atoms with Crippen LogP contribution in [0.1, 0.15) is 27.7 Å². The monoisotopic (exact) mass is 149 g/mol. The molecule has 0 saturated heterocycles. The van der Waals surface area contributed by atoms with Gasteiger partial charge in [-0.05, 0) is 19.8 Å². The van der Waals surface area contributed by atoms with Crippen molar-refractivity contribution in [3.8, 4) is 0 Å². The maximum absolute atomic E-state index is 10.9. The molecule has 0 saturated carbocycles. The number of alkyl halides is 1. The lowest BCUT2D eigenvalue weighted by atomic mass is 9.92. The maximum Gasteiger partial charge on any atom is 0.109 e. The lowest BCUT2D eigenvalue weighted by molar-refractivity contribution is 0.0550. The lowest BCUT2D eigenvalue weighted by Gasteiger charge is -2.27. The van der Waals surface area contributed by atoms with E-state index < -0.39 is 11.0 Å². The molecule has 2 heteroatoms. The molecule has 1 nitrogen and oxygen atoms in total. The maximum atomic E-state index is 10.9. The minimum Gasteiger partial charge on any atom is -0.231 e. The van der Waals surface area contributed by atoms with Gasteiger partial charge < -0.3 is 0 Å². The van der Waals surface area contributed by atoms with Crippen molar-refractivity contribution in [1.82, 2.24) is 0 Å². The molecule has 0 bridgehead atoms. The van der Waals surface area contributed by atoms with E-state index in [2.05, 4.69) is 0 Å². The van der Waals surface area contributed by atoms with Crippen molar-refractivity contribution >= 4 is 11.6 Å². The predicted octanol–water partition coefficient (Wildman–Crippen LogP) is 2.46. The summed E-state index contributed by atoms with van der Waals surface area (Å²) in [5, 5.41) is 10.9. The Morgan fingerprint density at radius 1 is 1.33 bits per heavy atom. The summed E-state index contributed by atoms with van der Waals surface area (Å²) in [7, 11) is 0. The van der Waals surface area contributed by atoms with E-state index in [1.54, 1.807) is 13.8 Å². The molecule has 0 aromatic carbocycles. The second-order valence-electron chi connectivity index (χ2n) is 2.95. The zero-order valence-corrected chi connectivity index (χ0v) is 7.20. The Hall–Kier alpha value is 0.250. The van der Waals surface area contributed by atoms with E-state index in [1.807, 2.05) is 13.8 Å². The van der Waals surface area contributed by atoms with Crippen LogP contribution in [-0.4, -0.2) is 11.0 Å². The highest BCUT2D eigenvalue weighted by Crippen LogP contribution is 2.28. The normalized spacial score (nSPS) is 21.7. The van der Waals surface area contributed by atoms with Crippen LogP contribution in [0.2, 0.25) is 0 Å². The molecular formula is C7H14ClO. The van der Waals surface area contributed by atoms with Crippen LogP contribution in [-0.2, 0) is 5.11 Å². The fraction of sp³-hybridized carbons (Fsp3) is 1.00. The van der Waals surface area contributed by atoms with Gasteiger partial charge in [-0.25, -0.2) is 5.11 Å². The predicted molar refractivity (Wildman–Crippen MR) is 39.2 cm³/mol. The van der Waals surface area contributed by atoms with Crippen LogP contribution in [0.15, 0.2) is 0 Å². The van der Waals surface area contributed by atoms with E-state index in [0.717, 1.165) is 0 Å². The van der Waals surface area contributed by atoms with Gasteiger partial charge in [0.05, 0.1) is 4.87 Å². The number of rotatable bonds is 2. The molecule has 0 aliphatic rings. The van der Waals surface area contributed by atoms with Gasteiger partial charge in [-0.2, -0.15) is 0 Å². The molecule has 0 aliphatic carbocycles. The quantitative estimate of drug-likeness (QED) is 0.538. The fourth-order valence-electron chi connectivity index (χ4n) is 0.469. The SMILES string of the molecule is CC(C)C(C)(Cl)C(C)[O]. The first-order chi connectivity index (χ1) is 3.89. The van der Waals surface area contributed by atoms with Gasteiger partial charge in [0, 0.05) is 0 Å². The molecule has 0 aliphatic heterocycles. The first-order valence-electron chi connectivity index (χ1n) is 3.23. The largest absolute Gasteiger partial charge is 0.231 e. The highest BCUT2D eigenvalue weighted by atomic mass is 35.5. The van der Waals surface area contributed by atoms with Crippen LogP contribution >= 0.6 is 11.6 Å². The van der Waals surface area contributed by atoms with Crippen LogP contribution in [0, 0.1) is 5.92 Å². The Morgan fingerprint density at radius 3 is 1.67 bits per heavy atom. The van der Waals surface area contributed by atoms with Gasteiger partial charge in [-0.3, -0.25) is 0 Å². The Balaban J connectivity index is 4.01. The molecule has 0 fully saturated rings. The van der Waals surface area contributed by atoms with Crippen LogP contribution < -0.4 is 0 Å². The topological polar surface area (TPSA) is 19.9 Å². The molecule has 0 aromatic heterocycles. The smallest absolute Gasteiger partial charge is 0.109 e. The molecule has 0 heterocycles. The molecule has 0 aromatic rings.